The molecule has 1 saturated heterocycles. The van der Waals surface area contributed by atoms with Crippen LogP contribution in [0.3, 0.4) is 0 Å². The summed E-state index contributed by atoms with van der Waals surface area (Å²) in [5, 5.41) is 3.13. The van der Waals surface area contributed by atoms with E-state index in [0.29, 0.717) is 6.61 Å². The molecule has 0 unspecified atom stereocenters. The van der Waals surface area contributed by atoms with E-state index in [0.717, 1.165) is 13.2 Å². The van der Waals surface area contributed by atoms with Crippen molar-refractivity contribution in [1.29, 1.82) is 0 Å². The van der Waals surface area contributed by atoms with Gasteiger partial charge in [0.1, 0.15) is 0 Å². The molecule has 1 atom stereocenters. The Hall–Kier alpha value is -0.410. The van der Waals surface area contributed by atoms with Gasteiger partial charge in [0, 0.05) is 12.5 Å². The third-order valence-electron chi connectivity index (χ3n) is 1.83. The zero-order valence-corrected chi connectivity index (χ0v) is 7.09. The van der Waals surface area contributed by atoms with Gasteiger partial charge in [0.05, 0.1) is 19.3 Å². The van der Waals surface area contributed by atoms with Crippen LogP contribution < -0.4 is 5.32 Å². The lowest BCUT2D eigenvalue weighted by Crippen LogP contribution is -2.47. The number of hydrogen-bond donors (Lipinski definition) is 1. The lowest BCUT2D eigenvalue weighted by molar-refractivity contribution is -0.126. The highest BCUT2D eigenvalue weighted by atomic mass is 16.5. The van der Waals surface area contributed by atoms with Crippen LogP contribution in [0, 0.1) is 5.92 Å². The summed E-state index contributed by atoms with van der Waals surface area (Å²) < 4.78 is 5.17. The van der Waals surface area contributed by atoms with Gasteiger partial charge in [-0.05, 0) is 0 Å². The normalized spacial score (nSPS) is 25.5. The zero-order valence-electron chi connectivity index (χ0n) is 7.09. The summed E-state index contributed by atoms with van der Waals surface area (Å²) in [6, 6.07) is -0.0660. The first kappa shape index (κ1) is 8.68. The third kappa shape index (κ3) is 2.27. The second-order valence-electron chi connectivity index (χ2n) is 3.14. The van der Waals surface area contributed by atoms with Crippen LogP contribution in [0.15, 0.2) is 0 Å². The lowest BCUT2D eigenvalue weighted by Gasteiger charge is -2.23. The summed E-state index contributed by atoms with van der Waals surface area (Å²) in [7, 11) is 0. The molecule has 0 bridgehead atoms. The van der Waals surface area contributed by atoms with Gasteiger partial charge in [0.2, 0.25) is 0 Å². The van der Waals surface area contributed by atoms with E-state index in [9.17, 15) is 4.79 Å². The Morgan fingerprint density at radius 3 is 2.82 bits per heavy atom. The van der Waals surface area contributed by atoms with Gasteiger partial charge < -0.3 is 10.1 Å². The van der Waals surface area contributed by atoms with E-state index in [4.69, 9.17) is 4.74 Å². The number of morpholine rings is 1. The van der Waals surface area contributed by atoms with Crippen LogP contribution in [-0.2, 0) is 9.53 Å². The molecule has 1 fully saturated rings. The Morgan fingerprint density at radius 1 is 1.64 bits per heavy atom. The SMILES string of the molecule is CC(C)C(=O)[C@H]1COCCN1. The Labute approximate surface area is 67.1 Å². The average molecular weight is 157 g/mol. The van der Waals surface area contributed by atoms with Gasteiger partial charge in [-0.1, -0.05) is 13.8 Å². The largest absolute Gasteiger partial charge is 0.378 e. The number of Topliss-reactive ketones (excluding diaryl/α,β-unsaturated/α-hetero) is 1. The minimum absolute atomic E-state index is 0.0660. The van der Waals surface area contributed by atoms with Crippen LogP contribution in [0.5, 0.6) is 0 Å². The molecule has 64 valence electrons. The van der Waals surface area contributed by atoms with Gasteiger partial charge >= 0.3 is 0 Å². The molecular weight excluding hydrogens is 142 g/mol. The van der Waals surface area contributed by atoms with Crippen LogP contribution in [0.4, 0.5) is 0 Å². The summed E-state index contributed by atoms with van der Waals surface area (Å²) >= 11 is 0. The Morgan fingerprint density at radius 2 is 2.36 bits per heavy atom. The van der Waals surface area contributed by atoms with Crippen molar-refractivity contribution in [1.82, 2.24) is 5.32 Å². The maximum Gasteiger partial charge on any atom is 0.154 e. The van der Waals surface area contributed by atoms with Crippen molar-refractivity contribution in [3.8, 4) is 0 Å². The first-order valence-corrected chi connectivity index (χ1v) is 4.06. The molecule has 3 nitrogen and oxygen atoms in total. The molecule has 1 rings (SSSR count). The van der Waals surface area contributed by atoms with E-state index in [-0.39, 0.29) is 17.7 Å². The Kier molecular flexibility index (Phi) is 3.02. The van der Waals surface area contributed by atoms with Crippen molar-refractivity contribution in [3.63, 3.8) is 0 Å². The number of hydrogen-bond acceptors (Lipinski definition) is 3. The molecule has 1 aliphatic heterocycles. The molecule has 0 amide bonds. The van der Waals surface area contributed by atoms with Crippen LogP contribution in [0.1, 0.15) is 13.8 Å². The molecule has 0 aliphatic carbocycles. The monoisotopic (exact) mass is 157 g/mol. The summed E-state index contributed by atoms with van der Waals surface area (Å²) in [6.07, 6.45) is 0. The quantitative estimate of drug-likeness (QED) is 0.622. The summed E-state index contributed by atoms with van der Waals surface area (Å²) in [5.41, 5.74) is 0. The highest BCUT2D eigenvalue weighted by molar-refractivity contribution is 5.85. The minimum atomic E-state index is -0.0660. The molecule has 0 aromatic heterocycles. The van der Waals surface area contributed by atoms with Gasteiger partial charge in [-0.3, -0.25) is 4.79 Å². The van der Waals surface area contributed by atoms with Gasteiger partial charge in [-0.25, -0.2) is 0 Å². The number of carbonyl (C=O) groups is 1. The lowest BCUT2D eigenvalue weighted by atomic mass is 10.0. The molecule has 1 heterocycles. The van der Waals surface area contributed by atoms with E-state index in [1.165, 1.54) is 0 Å². The van der Waals surface area contributed by atoms with Gasteiger partial charge in [-0.15, -0.1) is 0 Å². The van der Waals surface area contributed by atoms with Crippen LogP contribution >= 0.6 is 0 Å². The molecule has 0 spiro atoms. The van der Waals surface area contributed by atoms with E-state index >= 15 is 0 Å². The van der Waals surface area contributed by atoms with Gasteiger partial charge in [0.15, 0.2) is 5.78 Å². The van der Waals surface area contributed by atoms with Crippen LogP contribution in [0.2, 0.25) is 0 Å². The molecule has 0 radical (unpaired) electrons. The van der Waals surface area contributed by atoms with Crippen molar-refractivity contribution < 1.29 is 9.53 Å². The Bertz CT molecular complexity index is 139. The summed E-state index contributed by atoms with van der Waals surface area (Å²) in [5.74, 6) is 0.360. The molecule has 0 aromatic carbocycles. The first-order chi connectivity index (χ1) is 5.22. The van der Waals surface area contributed by atoms with E-state index in [2.05, 4.69) is 5.32 Å². The standard InChI is InChI=1S/C8H15NO2/c1-6(2)8(10)7-5-11-4-3-9-7/h6-7,9H,3-5H2,1-2H3/t7-/m1/s1. The molecule has 0 aromatic rings. The predicted octanol–water partition coefficient (Wildman–Crippen LogP) is 0.200. The second-order valence-corrected chi connectivity index (χ2v) is 3.14. The van der Waals surface area contributed by atoms with E-state index in [1.54, 1.807) is 0 Å². The van der Waals surface area contributed by atoms with Crippen LogP contribution in [-0.4, -0.2) is 31.6 Å². The fourth-order valence-electron chi connectivity index (χ4n) is 1.15. The highest BCUT2D eigenvalue weighted by Crippen LogP contribution is 2.02. The van der Waals surface area contributed by atoms with Crippen molar-refractivity contribution in [2.24, 2.45) is 5.92 Å². The second kappa shape index (κ2) is 3.83. The maximum atomic E-state index is 11.4. The van der Waals surface area contributed by atoms with Crippen LogP contribution in [0.25, 0.3) is 0 Å². The first-order valence-electron chi connectivity index (χ1n) is 4.06. The van der Waals surface area contributed by atoms with Gasteiger partial charge in [0.25, 0.3) is 0 Å². The summed E-state index contributed by atoms with van der Waals surface area (Å²) in [4.78, 5) is 11.4. The highest BCUT2D eigenvalue weighted by Gasteiger charge is 2.22. The van der Waals surface area contributed by atoms with E-state index < -0.39 is 0 Å². The molecule has 11 heavy (non-hydrogen) atoms. The van der Waals surface area contributed by atoms with Crippen molar-refractivity contribution >= 4 is 5.78 Å². The number of rotatable bonds is 2. The van der Waals surface area contributed by atoms with Crippen molar-refractivity contribution in [2.45, 2.75) is 19.9 Å². The molecule has 0 saturated carbocycles. The number of ketones is 1. The zero-order chi connectivity index (χ0) is 8.27. The topological polar surface area (TPSA) is 38.3 Å². The minimum Gasteiger partial charge on any atom is -0.378 e. The smallest absolute Gasteiger partial charge is 0.154 e. The van der Waals surface area contributed by atoms with Crippen molar-refractivity contribution in [2.75, 3.05) is 19.8 Å². The number of carbonyl (C=O) groups excluding carboxylic acids is 1. The number of nitrogens with one attached hydrogen (secondary N) is 1. The fourth-order valence-corrected chi connectivity index (χ4v) is 1.15. The number of ether oxygens (including phenoxy) is 1. The summed E-state index contributed by atoms with van der Waals surface area (Å²) in [6.45, 7) is 5.89. The predicted molar refractivity (Wildman–Crippen MR) is 42.5 cm³/mol. The Balaban J connectivity index is 2.39. The van der Waals surface area contributed by atoms with Crippen molar-refractivity contribution in [3.05, 3.63) is 0 Å². The van der Waals surface area contributed by atoms with Gasteiger partial charge in [-0.2, -0.15) is 0 Å². The molecular formula is C8H15NO2. The molecule has 3 heteroatoms. The maximum absolute atomic E-state index is 11.4. The van der Waals surface area contributed by atoms with E-state index in [1.807, 2.05) is 13.8 Å². The fraction of sp³-hybridized carbons (Fsp3) is 0.875. The average Bonchev–Trinajstić information content (AvgIpc) is 2.05. The molecule has 1 N–H and O–H groups in total. The molecule has 1 aliphatic rings. The third-order valence-corrected chi connectivity index (χ3v) is 1.83.